The molecule has 0 saturated carbocycles. The Kier molecular flexibility index (Phi) is 4.03. The van der Waals surface area contributed by atoms with Crippen molar-refractivity contribution in [3.63, 3.8) is 0 Å². The van der Waals surface area contributed by atoms with Gasteiger partial charge >= 0.3 is 0 Å². The fourth-order valence-corrected chi connectivity index (χ4v) is 2.95. The number of amides is 1. The summed E-state index contributed by atoms with van der Waals surface area (Å²) in [6.07, 6.45) is 1.55. The highest BCUT2D eigenvalue weighted by Gasteiger charge is 2.24. The second kappa shape index (κ2) is 6.52. The van der Waals surface area contributed by atoms with Gasteiger partial charge in [0.2, 0.25) is 0 Å². The highest BCUT2D eigenvalue weighted by Crippen LogP contribution is 2.36. The van der Waals surface area contributed by atoms with E-state index in [0.29, 0.717) is 39.2 Å². The van der Waals surface area contributed by atoms with E-state index >= 15 is 0 Å². The summed E-state index contributed by atoms with van der Waals surface area (Å²) < 4.78 is 0. The van der Waals surface area contributed by atoms with Crippen molar-refractivity contribution in [1.29, 1.82) is 5.26 Å². The number of phenolic OH excluding ortho intramolecular Hbond substituents is 1. The number of nitrogens with one attached hydrogen (secondary N) is 3. The van der Waals surface area contributed by atoms with Gasteiger partial charge in [-0.05, 0) is 36.4 Å². The van der Waals surface area contributed by atoms with Crippen LogP contribution in [0.25, 0.3) is 0 Å². The zero-order valence-electron chi connectivity index (χ0n) is 13.7. The summed E-state index contributed by atoms with van der Waals surface area (Å²) in [4.78, 5) is 17.1. The monoisotopic (exact) mass is 377 g/mol. The summed E-state index contributed by atoms with van der Waals surface area (Å²) >= 11 is 6.17. The number of nitriles is 1. The fraction of sp³-hybridized carbons (Fsp3) is 0. The zero-order valence-corrected chi connectivity index (χ0v) is 14.5. The Morgan fingerprint density at radius 3 is 2.74 bits per heavy atom. The van der Waals surface area contributed by atoms with Crippen molar-refractivity contribution in [2.75, 3.05) is 16.0 Å². The normalized spacial score (nSPS) is 11.9. The van der Waals surface area contributed by atoms with Crippen molar-refractivity contribution in [2.45, 2.75) is 0 Å². The molecule has 2 aromatic carbocycles. The van der Waals surface area contributed by atoms with E-state index in [9.17, 15) is 9.90 Å². The predicted molar refractivity (Wildman–Crippen MR) is 103 cm³/mol. The molecular formula is C19H12ClN5O2. The first-order valence-electron chi connectivity index (χ1n) is 7.92. The first-order chi connectivity index (χ1) is 13.0. The number of hydrogen-bond donors (Lipinski definition) is 4. The first-order valence-corrected chi connectivity index (χ1v) is 8.30. The van der Waals surface area contributed by atoms with Gasteiger partial charge in [0.25, 0.3) is 5.91 Å². The van der Waals surface area contributed by atoms with E-state index < -0.39 is 5.91 Å². The number of anilines is 5. The molecule has 0 fully saturated rings. The minimum absolute atomic E-state index is 0.0426. The lowest BCUT2D eigenvalue weighted by Gasteiger charge is -2.14. The molecule has 1 amide bonds. The smallest absolute Gasteiger partial charge is 0.261 e. The molecule has 132 valence electrons. The number of carbonyl (C=O) groups excluding carboxylic acids is 1. The van der Waals surface area contributed by atoms with Gasteiger partial charge in [-0.3, -0.25) is 4.79 Å². The summed E-state index contributed by atoms with van der Waals surface area (Å²) in [5.41, 5.74) is 2.74. The molecule has 0 radical (unpaired) electrons. The Morgan fingerprint density at radius 2 is 1.93 bits per heavy atom. The van der Waals surface area contributed by atoms with Crippen LogP contribution < -0.4 is 16.0 Å². The molecule has 8 heteroatoms. The summed E-state index contributed by atoms with van der Waals surface area (Å²) in [6, 6.07) is 13.1. The first kappa shape index (κ1) is 16.7. The van der Waals surface area contributed by atoms with E-state index in [1.165, 1.54) is 12.1 Å². The molecule has 7 nitrogen and oxygen atoms in total. The second-order valence-corrected chi connectivity index (χ2v) is 6.23. The number of carbonyl (C=O) groups is 1. The van der Waals surface area contributed by atoms with E-state index in [2.05, 4.69) is 20.9 Å². The molecule has 27 heavy (non-hydrogen) atoms. The number of pyridine rings is 1. The lowest BCUT2D eigenvalue weighted by molar-refractivity contribution is 0.102. The molecular weight excluding hydrogens is 366 g/mol. The molecule has 3 aromatic rings. The van der Waals surface area contributed by atoms with Gasteiger partial charge in [-0.1, -0.05) is 11.6 Å². The van der Waals surface area contributed by atoms with Gasteiger partial charge in [0.1, 0.15) is 17.1 Å². The molecule has 0 spiro atoms. The average Bonchev–Trinajstić information content (AvgIpc) is 2.80. The average molecular weight is 378 g/mol. The maximum absolute atomic E-state index is 12.8. The maximum atomic E-state index is 12.8. The summed E-state index contributed by atoms with van der Waals surface area (Å²) in [6.45, 7) is 0. The third-order valence-corrected chi connectivity index (χ3v) is 4.38. The van der Waals surface area contributed by atoms with Crippen LogP contribution in [0.15, 0.2) is 48.7 Å². The van der Waals surface area contributed by atoms with Crippen LogP contribution in [0.5, 0.6) is 5.75 Å². The van der Waals surface area contributed by atoms with Gasteiger partial charge in [-0.15, -0.1) is 0 Å². The van der Waals surface area contributed by atoms with Crippen molar-refractivity contribution in [3.05, 3.63) is 64.8 Å². The largest absolute Gasteiger partial charge is 0.508 e. The van der Waals surface area contributed by atoms with Crippen LogP contribution in [-0.4, -0.2) is 16.0 Å². The molecule has 0 bridgehead atoms. The Balaban J connectivity index is 1.78. The van der Waals surface area contributed by atoms with Crippen LogP contribution in [0, 0.1) is 11.3 Å². The van der Waals surface area contributed by atoms with Crippen molar-refractivity contribution in [3.8, 4) is 11.8 Å². The number of aromatic hydroxyl groups is 1. The van der Waals surface area contributed by atoms with E-state index in [-0.39, 0.29) is 11.3 Å². The quantitative estimate of drug-likeness (QED) is 0.528. The summed E-state index contributed by atoms with van der Waals surface area (Å²) in [5.74, 6) is 0.0107. The minimum atomic E-state index is -0.391. The number of rotatable bonds is 2. The van der Waals surface area contributed by atoms with Gasteiger partial charge in [-0.25, -0.2) is 4.98 Å². The highest BCUT2D eigenvalue weighted by atomic mass is 35.5. The Hall–Kier alpha value is -3.76. The van der Waals surface area contributed by atoms with Crippen LogP contribution in [0.4, 0.5) is 28.6 Å². The van der Waals surface area contributed by atoms with Gasteiger partial charge in [-0.2, -0.15) is 5.26 Å². The van der Waals surface area contributed by atoms with Crippen molar-refractivity contribution < 1.29 is 9.90 Å². The van der Waals surface area contributed by atoms with Crippen LogP contribution in [0.1, 0.15) is 15.9 Å². The SMILES string of the molecule is N#Cc1ccc2c(c1)NC(=O)c1c(Nc3cc(O)ccc3Cl)ccnc1N2. The standard InChI is InChI=1S/C19H12ClN5O2/c20-12-3-2-11(26)8-15(12)23-14-5-6-22-18-17(14)19(27)25-16-7-10(9-21)1-4-13(16)24-18/h1-8,26H,(H,25,27)(H2,22,23,24). The van der Waals surface area contributed by atoms with Crippen LogP contribution in [0.3, 0.4) is 0 Å². The van der Waals surface area contributed by atoms with E-state index in [0.717, 1.165) is 0 Å². The minimum Gasteiger partial charge on any atom is -0.508 e. The third kappa shape index (κ3) is 3.10. The van der Waals surface area contributed by atoms with Crippen molar-refractivity contribution >= 4 is 46.1 Å². The van der Waals surface area contributed by atoms with Gasteiger partial charge in [0, 0.05) is 12.3 Å². The maximum Gasteiger partial charge on any atom is 0.261 e. The fourth-order valence-electron chi connectivity index (χ4n) is 2.78. The van der Waals surface area contributed by atoms with Crippen LogP contribution >= 0.6 is 11.6 Å². The number of aromatic nitrogens is 1. The predicted octanol–water partition coefficient (Wildman–Crippen LogP) is 4.37. The van der Waals surface area contributed by atoms with Gasteiger partial charge < -0.3 is 21.1 Å². The summed E-state index contributed by atoms with van der Waals surface area (Å²) in [7, 11) is 0. The van der Waals surface area contributed by atoms with E-state index in [1.807, 2.05) is 6.07 Å². The molecule has 0 aliphatic carbocycles. The molecule has 1 aliphatic rings. The molecule has 1 aliphatic heterocycles. The molecule has 1 aromatic heterocycles. The van der Waals surface area contributed by atoms with E-state index in [1.54, 1.807) is 36.5 Å². The molecule has 0 saturated heterocycles. The third-order valence-electron chi connectivity index (χ3n) is 4.05. The lowest BCUT2D eigenvalue weighted by Crippen LogP contribution is -2.13. The number of benzene rings is 2. The molecule has 4 N–H and O–H groups in total. The lowest BCUT2D eigenvalue weighted by atomic mass is 10.1. The second-order valence-electron chi connectivity index (χ2n) is 5.82. The Morgan fingerprint density at radius 1 is 1.07 bits per heavy atom. The van der Waals surface area contributed by atoms with Gasteiger partial charge in [0.15, 0.2) is 0 Å². The van der Waals surface area contributed by atoms with E-state index in [4.69, 9.17) is 16.9 Å². The van der Waals surface area contributed by atoms with Crippen molar-refractivity contribution in [1.82, 2.24) is 4.98 Å². The molecule has 2 heterocycles. The van der Waals surface area contributed by atoms with Gasteiger partial charge in [0.05, 0.1) is 39.4 Å². The summed E-state index contributed by atoms with van der Waals surface area (Å²) in [5, 5.41) is 28.1. The number of fused-ring (bicyclic) bond motifs is 2. The topological polar surface area (TPSA) is 110 Å². The van der Waals surface area contributed by atoms with Crippen LogP contribution in [-0.2, 0) is 0 Å². The highest BCUT2D eigenvalue weighted by molar-refractivity contribution is 6.33. The number of nitrogens with zero attached hydrogens (tertiary/aromatic N) is 2. The molecule has 0 unspecified atom stereocenters. The number of halogens is 1. The molecule has 0 atom stereocenters. The zero-order chi connectivity index (χ0) is 19.0. The Bertz CT molecular complexity index is 1120. The number of hydrogen-bond acceptors (Lipinski definition) is 6. The Labute approximate surface area is 159 Å². The number of phenols is 1. The molecule has 4 rings (SSSR count). The van der Waals surface area contributed by atoms with Crippen LogP contribution in [0.2, 0.25) is 5.02 Å². The van der Waals surface area contributed by atoms with Crippen molar-refractivity contribution in [2.24, 2.45) is 0 Å².